The fraction of sp³-hybridized carbons (Fsp3) is 0.111. The molecule has 0 aliphatic heterocycles. The van der Waals surface area contributed by atoms with Crippen molar-refractivity contribution in [2.24, 2.45) is 0 Å². The Morgan fingerprint density at radius 1 is 1.13 bits per heavy atom. The Balaban J connectivity index is 1.54. The number of carbonyl (C=O) groups is 1. The van der Waals surface area contributed by atoms with Crippen LogP contribution in [0.4, 0.5) is 5.69 Å². The second kappa shape index (κ2) is 6.79. The summed E-state index contributed by atoms with van der Waals surface area (Å²) in [6.45, 7) is 1.98. The van der Waals surface area contributed by atoms with Gasteiger partial charge in [0.1, 0.15) is 5.75 Å². The summed E-state index contributed by atoms with van der Waals surface area (Å²) in [5, 5.41) is 6.96. The van der Waals surface area contributed by atoms with E-state index in [0.717, 1.165) is 16.9 Å². The number of hydrogen-bond donors (Lipinski definition) is 1. The van der Waals surface area contributed by atoms with Crippen LogP contribution < -0.4 is 10.1 Å². The van der Waals surface area contributed by atoms with E-state index in [9.17, 15) is 4.79 Å². The van der Waals surface area contributed by atoms with Gasteiger partial charge in [-0.3, -0.25) is 4.79 Å². The Bertz CT molecular complexity index is 763. The van der Waals surface area contributed by atoms with Gasteiger partial charge >= 0.3 is 0 Å². The molecule has 2 aromatic carbocycles. The van der Waals surface area contributed by atoms with E-state index in [1.54, 1.807) is 10.9 Å². The number of aromatic nitrogens is 2. The standard InChI is InChI=1S/C18H17N3O2/c1-14-3-9-17(10-4-14)23-13-18(22)20-15-5-7-16(8-6-15)21-12-2-11-19-21/h2-12H,13H2,1H3,(H,20,22). The molecule has 1 amide bonds. The van der Waals surface area contributed by atoms with Crippen molar-refractivity contribution >= 4 is 11.6 Å². The molecule has 0 radical (unpaired) electrons. The number of anilines is 1. The summed E-state index contributed by atoms with van der Waals surface area (Å²) in [6, 6.07) is 16.9. The molecule has 0 saturated carbocycles. The Morgan fingerprint density at radius 2 is 1.87 bits per heavy atom. The van der Waals surface area contributed by atoms with Crippen LogP contribution in [0.25, 0.3) is 5.69 Å². The minimum Gasteiger partial charge on any atom is -0.484 e. The zero-order valence-electron chi connectivity index (χ0n) is 12.8. The molecule has 1 aromatic heterocycles. The van der Waals surface area contributed by atoms with E-state index in [1.165, 1.54) is 0 Å². The Labute approximate surface area is 134 Å². The minimum absolute atomic E-state index is 0.0238. The molecule has 0 atom stereocenters. The Morgan fingerprint density at radius 3 is 2.52 bits per heavy atom. The lowest BCUT2D eigenvalue weighted by Gasteiger charge is -2.08. The smallest absolute Gasteiger partial charge is 0.262 e. The first-order valence-electron chi connectivity index (χ1n) is 7.30. The van der Waals surface area contributed by atoms with E-state index in [4.69, 9.17) is 4.74 Å². The highest BCUT2D eigenvalue weighted by atomic mass is 16.5. The lowest BCUT2D eigenvalue weighted by Crippen LogP contribution is -2.20. The molecule has 0 aliphatic rings. The number of hydrogen-bond acceptors (Lipinski definition) is 3. The third kappa shape index (κ3) is 3.97. The molecular weight excluding hydrogens is 290 g/mol. The van der Waals surface area contributed by atoms with Crippen LogP contribution in [0.2, 0.25) is 0 Å². The highest BCUT2D eigenvalue weighted by Gasteiger charge is 2.04. The van der Waals surface area contributed by atoms with Gasteiger partial charge in [-0.15, -0.1) is 0 Å². The molecule has 1 heterocycles. The highest BCUT2D eigenvalue weighted by Crippen LogP contribution is 2.14. The van der Waals surface area contributed by atoms with Gasteiger partial charge in [-0.2, -0.15) is 5.10 Å². The molecule has 3 rings (SSSR count). The maximum Gasteiger partial charge on any atom is 0.262 e. The second-order valence-electron chi connectivity index (χ2n) is 5.15. The van der Waals surface area contributed by atoms with Gasteiger partial charge in [-0.25, -0.2) is 4.68 Å². The van der Waals surface area contributed by atoms with Crippen LogP contribution in [0.5, 0.6) is 5.75 Å². The topological polar surface area (TPSA) is 56.1 Å². The Kier molecular flexibility index (Phi) is 4.38. The van der Waals surface area contributed by atoms with E-state index < -0.39 is 0 Å². The van der Waals surface area contributed by atoms with Crippen LogP contribution in [0.3, 0.4) is 0 Å². The molecule has 5 nitrogen and oxygen atoms in total. The van der Waals surface area contributed by atoms with Crippen LogP contribution >= 0.6 is 0 Å². The molecule has 0 unspecified atom stereocenters. The molecule has 5 heteroatoms. The van der Waals surface area contributed by atoms with Crippen molar-refractivity contribution in [1.82, 2.24) is 9.78 Å². The highest BCUT2D eigenvalue weighted by molar-refractivity contribution is 5.91. The van der Waals surface area contributed by atoms with E-state index >= 15 is 0 Å². The third-order valence-corrected chi connectivity index (χ3v) is 3.31. The molecule has 0 spiro atoms. The minimum atomic E-state index is -0.197. The Hall–Kier alpha value is -3.08. The van der Waals surface area contributed by atoms with Gasteiger partial charge in [-0.05, 0) is 49.4 Å². The molecule has 116 valence electrons. The number of benzene rings is 2. The van der Waals surface area contributed by atoms with Gasteiger partial charge in [-0.1, -0.05) is 17.7 Å². The summed E-state index contributed by atoms with van der Waals surface area (Å²) in [5.41, 5.74) is 2.81. The fourth-order valence-corrected chi connectivity index (χ4v) is 2.10. The van der Waals surface area contributed by atoms with Crippen molar-refractivity contribution in [1.29, 1.82) is 0 Å². The predicted octanol–water partition coefficient (Wildman–Crippen LogP) is 3.20. The molecule has 0 fully saturated rings. The number of ether oxygens (including phenoxy) is 1. The number of nitrogens with one attached hydrogen (secondary N) is 1. The average Bonchev–Trinajstić information content (AvgIpc) is 3.09. The van der Waals surface area contributed by atoms with E-state index in [1.807, 2.05) is 67.7 Å². The number of nitrogens with zero attached hydrogens (tertiary/aromatic N) is 2. The first-order chi connectivity index (χ1) is 11.2. The first kappa shape index (κ1) is 14.8. The second-order valence-corrected chi connectivity index (χ2v) is 5.15. The van der Waals surface area contributed by atoms with Crippen molar-refractivity contribution in [3.63, 3.8) is 0 Å². The number of amides is 1. The summed E-state index contributed by atoms with van der Waals surface area (Å²) in [4.78, 5) is 11.9. The quantitative estimate of drug-likeness (QED) is 0.787. The zero-order valence-corrected chi connectivity index (χ0v) is 12.8. The van der Waals surface area contributed by atoms with Gasteiger partial charge < -0.3 is 10.1 Å². The van der Waals surface area contributed by atoms with E-state index in [-0.39, 0.29) is 12.5 Å². The zero-order chi connectivity index (χ0) is 16.1. The van der Waals surface area contributed by atoms with Crippen molar-refractivity contribution in [2.45, 2.75) is 6.92 Å². The largest absolute Gasteiger partial charge is 0.484 e. The maximum atomic E-state index is 11.9. The monoisotopic (exact) mass is 307 g/mol. The summed E-state index contributed by atoms with van der Waals surface area (Å²) in [7, 11) is 0. The van der Waals surface area contributed by atoms with E-state index in [2.05, 4.69) is 10.4 Å². The number of aryl methyl sites for hydroxylation is 1. The van der Waals surface area contributed by atoms with E-state index in [0.29, 0.717) is 5.75 Å². The summed E-state index contributed by atoms with van der Waals surface area (Å²) in [5.74, 6) is 0.484. The fourth-order valence-electron chi connectivity index (χ4n) is 2.10. The van der Waals surface area contributed by atoms with Crippen LogP contribution in [-0.2, 0) is 4.79 Å². The lowest BCUT2D eigenvalue weighted by molar-refractivity contribution is -0.118. The lowest BCUT2D eigenvalue weighted by atomic mass is 10.2. The summed E-state index contributed by atoms with van der Waals surface area (Å²) in [6.07, 6.45) is 3.58. The van der Waals surface area contributed by atoms with Gasteiger partial charge in [0.2, 0.25) is 0 Å². The normalized spacial score (nSPS) is 10.3. The molecular formula is C18H17N3O2. The van der Waals surface area contributed by atoms with Crippen molar-refractivity contribution in [2.75, 3.05) is 11.9 Å². The SMILES string of the molecule is Cc1ccc(OCC(=O)Nc2ccc(-n3cccn3)cc2)cc1. The summed E-state index contributed by atoms with van der Waals surface area (Å²) < 4.78 is 7.21. The summed E-state index contributed by atoms with van der Waals surface area (Å²) >= 11 is 0. The average molecular weight is 307 g/mol. The van der Waals surface area contributed by atoms with Crippen LogP contribution in [0.15, 0.2) is 67.0 Å². The van der Waals surface area contributed by atoms with Crippen LogP contribution in [-0.4, -0.2) is 22.3 Å². The molecule has 23 heavy (non-hydrogen) atoms. The van der Waals surface area contributed by atoms with Gasteiger partial charge in [0.25, 0.3) is 5.91 Å². The van der Waals surface area contributed by atoms with Crippen molar-refractivity contribution in [3.8, 4) is 11.4 Å². The first-order valence-corrected chi connectivity index (χ1v) is 7.30. The molecule has 0 saturated heterocycles. The number of carbonyl (C=O) groups excluding carboxylic acids is 1. The van der Waals surface area contributed by atoms with Gasteiger partial charge in [0.05, 0.1) is 5.69 Å². The van der Waals surface area contributed by atoms with Crippen molar-refractivity contribution in [3.05, 3.63) is 72.6 Å². The molecule has 0 bridgehead atoms. The molecule has 0 aliphatic carbocycles. The van der Waals surface area contributed by atoms with Gasteiger partial charge in [0.15, 0.2) is 6.61 Å². The van der Waals surface area contributed by atoms with Crippen LogP contribution in [0.1, 0.15) is 5.56 Å². The van der Waals surface area contributed by atoms with Crippen molar-refractivity contribution < 1.29 is 9.53 Å². The number of rotatable bonds is 5. The van der Waals surface area contributed by atoms with Gasteiger partial charge in [0, 0.05) is 18.1 Å². The maximum absolute atomic E-state index is 11.9. The predicted molar refractivity (Wildman–Crippen MR) is 88.9 cm³/mol. The third-order valence-electron chi connectivity index (χ3n) is 3.31. The van der Waals surface area contributed by atoms with Crippen LogP contribution in [0, 0.1) is 6.92 Å². The molecule has 1 N–H and O–H groups in total. The molecule has 3 aromatic rings.